The number of carbonyl (C=O) groups excluding carboxylic acids is 1. The van der Waals surface area contributed by atoms with Gasteiger partial charge in [-0.1, -0.05) is 55.4 Å². The minimum Gasteiger partial charge on any atom is -0.497 e. The van der Waals surface area contributed by atoms with E-state index in [9.17, 15) is 4.79 Å². The van der Waals surface area contributed by atoms with Gasteiger partial charge in [0, 0.05) is 0 Å². The molecular weight excluding hydrogens is 358 g/mol. The molecule has 0 spiro atoms. The Morgan fingerprint density at radius 1 is 1.15 bits per heavy atom. The van der Waals surface area contributed by atoms with E-state index in [2.05, 4.69) is 17.1 Å². The fourth-order valence-corrected chi connectivity index (χ4v) is 3.99. The van der Waals surface area contributed by atoms with Crippen LogP contribution in [0.25, 0.3) is 0 Å². The molecule has 2 aromatic carbocycles. The third-order valence-corrected chi connectivity index (χ3v) is 5.46. The van der Waals surface area contributed by atoms with Crippen LogP contribution >= 0.6 is 11.8 Å². The second-order valence-corrected chi connectivity index (χ2v) is 7.38. The van der Waals surface area contributed by atoms with E-state index in [1.807, 2.05) is 54.6 Å². The summed E-state index contributed by atoms with van der Waals surface area (Å²) < 4.78 is 5.15. The number of benzene rings is 2. The molecule has 140 valence electrons. The molecule has 6 heteroatoms. The van der Waals surface area contributed by atoms with Crippen molar-refractivity contribution >= 4 is 29.1 Å². The first-order valence-electron chi connectivity index (χ1n) is 8.98. The Morgan fingerprint density at radius 3 is 2.56 bits per heavy atom. The molecule has 5 nitrogen and oxygen atoms in total. The summed E-state index contributed by atoms with van der Waals surface area (Å²) >= 11 is 1.50. The molecule has 0 bridgehead atoms. The topological polar surface area (TPSA) is 54.3 Å². The van der Waals surface area contributed by atoms with Gasteiger partial charge in [-0.3, -0.25) is 9.69 Å². The Balaban J connectivity index is 1.77. The highest BCUT2D eigenvalue weighted by atomic mass is 32.2. The lowest BCUT2D eigenvalue weighted by molar-refractivity contribution is -0.126. The summed E-state index contributed by atoms with van der Waals surface area (Å²) in [4.78, 5) is 14.5. The third-order valence-electron chi connectivity index (χ3n) is 4.22. The summed E-state index contributed by atoms with van der Waals surface area (Å²) in [5.74, 6) is 0.913. The zero-order valence-corrected chi connectivity index (χ0v) is 16.4. The quantitative estimate of drug-likeness (QED) is 0.530. The third kappa shape index (κ3) is 4.98. The Hall–Kier alpha value is -2.60. The molecule has 3 rings (SSSR count). The predicted molar refractivity (Wildman–Crippen MR) is 111 cm³/mol. The number of hydrogen-bond acceptors (Lipinski definition) is 5. The minimum atomic E-state index is -0.0753. The Bertz CT molecular complexity index is 819. The van der Waals surface area contributed by atoms with Gasteiger partial charge in [-0.2, -0.15) is 5.10 Å². The van der Waals surface area contributed by atoms with Crippen LogP contribution < -0.4 is 4.74 Å². The standard InChI is InChI=1S/C21H23N3O2S/c1-3-7-19-20(25)24(15-17-8-5-4-6-9-17)21(27-19)23-22-14-16-10-12-18(26-2)13-11-16/h4-6,8-14,19H,3,7,15H2,1-2H3/b22-14+,23-21+. The Morgan fingerprint density at radius 2 is 1.89 bits per heavy atom. The van der Waals surface area contributed by atoms with Crippen molar-refractivity contribution in [3.05, 3.63) is 65.7 Å². The molecule has 2 aromatic rings. The van der Waals surface area contributed by atoms with Crippen LogP contribution in [0.2, 0.25) is 0 Å². The smallest absolute Gasteiger partial charge is 0.242 e. The number of rotatable bonds is 7. The van der Waals surface area contributed by atoms with Gasteiger partial charge in [0.1, 0.15) is 5.75 Å². The summed E-state index contributed by atoms with van der Waals surface area (Å²) in [5, 5.41) is 9.14. The monoisotopic (exact) mass is 381 g/mol. The molecule has 1 unspecified atom stereocenters. The van der Waals surface area contributed by atoms with Crippen molar-refractivity contribution in [3.8, 4) is 5.75 Å². The zero-order valence-electron chi connectivity index (χ0n) is 15.5. The minimum absolute atomic E-state index is 0.0753. The summed E-state index contributed by atoms with van der Waals surface area (Å²) in [5.41, 5.74) is 2.00. The first-order chi connectivity index (χ1) is 13.2. The second kappa shape index (κ2) is 9.37. The van der Waals surface area contributed by atoms with Gasteiger partial charge in [-0.25, -0.2) is 0 Å². The van der Waals surface area contributed by atoms with E-state index in [-0.39, 0.29) is 11.2 Å². The van der Waals surface area contributed by atoms with E-state index in [1.165, 1.54) is 11.8 Å². The van der Waals surface area contributed by atoms with Gasteiger partial charge in [0.2, 0.25) is 5.91 Å². The maximum absolute atomic E-state index is 12.8. The van der Waals surface area contributed by atoms with Crippen molar-refractivity contribution in [2.75, 3.05) is 7.11 Å². The van der Waals surface area contributed by atoms with Gasteiger partial charge >= 0.3 is 0 Å². The first-order valence-corrected chi connectivity index (χ1v) is 9.86. The maximum atomic E-state index is 12.8. The lowest BCUT2D eigenvalue weighted by atomic mass is 10.2. The van der Waals surface area contributed by atoms with Crippen LogP contribution in [0, 0.1) is 0 Å². The molecule has 1 heterocycles. The molecule has 0 aromatic heterocycles. The van der Waals surface area contributed by atoms with Crippen LogP contribution in [0.5, 0.6) is 5.75 Å². The highest BCUT2D eigenvalue weighted by molar-refractivity contribution is 8.15. The number of nitrogens with zero attached hydrogens (tertiary/aromatic N) is 3. The lowest BCUT2D eigenvalue weighted by Crippen LogP contribution is -2.31. The van der Waals surface area contributed by atoms with Crippen LogP contribution in [0.1, 0.15) is 30.9 Å². The van der Waals surface area contributed by atoms with Crippen molar-refractivity contribution in [3.63, 3.8) is 0 Å². The van der Waals surface area contributed by atoms with Crippen LogP contribution in [0.3, 0.4) is 0 Å². The maximum Gasteiger partial charge on any atom is 0.242 e. The van der Waals surface area contributed by atoms with Gasteiger partial charge in [0.05, 0.1) is 25.1 Å². The van der Waals surface area contributed by atoms with Crippen molar-refractivity contribution in [2.45, 2.75) is 31.6 Å². The fourth-order valence-electron chi connectivity index (χ4n) is 2.78. The molecule has 1 amide bonds. The van der Waals surface area contributed by atoms with E-state index < -0.39 is 0 Å². The van der Waals surface area contributed by atoms with Crippen LogP contribution in [0.15, 0.2) is 64.8 Å². The molecule has 0 saturated carbocycles. The molecular formula is C21H23N3O2S. The summed E-state index contributed by atoms with van der Waals surface area (Å²) in [7, 11) is 1.64. The van der Waals surface area contributed by atoms with Gasteiger partial charge in [-0.05, 0) is 41.8 Å². The molecule has 1 aliphatic rings. The molecule has 0 aliphatic carbocycles. The van der Waals surface area contributed by atoms with Crippen molar-refractivity contribution in [1.82, 2.24) is 4.90 Å². The molecule has 1 atom stereocenters. The molecule has 0 radical (unpaired) electrons. The number of amides is 1. The fraction of sp³-hybridized carbons (Fsp3) is 0.286. The van der Waals surface area contributed by atoms with E-state index in [0.29, 0.717) is 11.7 Å². The van der Waals surface area contributed by atoms with Gasteiger partial charge < -0.3 is 4.74 Å². The number of ether oxygens (including phenoxy) is 1. The van der Waals surface area contributed by atoms with Crippen LogP contribution in [0.4, 0.5) is 0 Å². The Kier molecular flexibility index (Phi) is 6.65. The van der Waals surface area contributed by atoms with Gasteiger partial charge in [0.25, 0.3) is 0 Å². The van der Waals surface area contributed by atoms with E-state index in [4.69, 9.17) is 4.74 Å². The average molecular weight is 382 g/mol. The normalized spacial score (nSPS) is 18.6. The van der Waals surface area contributed by atoms with E-state index in [0.717, 1.165) is 29.7 Å². The summed E-state index contributed by atoms with van der Waals surface area (Å²) in [6.45, 7) is 2.61. The van der Waals surface area contributed by atoms with Crippen molar-refractivity contribution in [2.24, 2.45) is 10.2 Å². The molecule has 0 N–H and O–H groups in total. The number of hydrogen-bond donors (Lipinski definition) is 0. The predicted octanol–water partition coefficient (Wildman–Crippen LogP) is 4.33. The lowest BCUT2D eigenvalue weighted by Gasteiger charge is -2.15. The number of amidine groups is 1. The van der Waals surface area contributed by atoms with E-state index in [1.54, 1.807) is 18.2 Å². The molecule has 1 fully saturated rings. The highest BCUT2D eigenvalue weighted by Crippen LogP contribution is 2.31. The molecule has 1 saturated heterocycles. The van der Waals surface area contributed by atoms with E-state index >= 15 is 0 Å². The SMILES string of the molecule is CCCC1S/C(=N/N=C/c2ccc(OC)cc2)N(Cc2ccccc2)C1=O. The number of carbonyl (C=O) groups is 1. The molecule has 1 aliphatic heterocycles. The largest absolute Gasteiger partial charge is 0.497 e. The van der Waals surface area contributed by atoms with Gasteiger partial charge in [-0.15, -0.1) is 5.10 Å². The van der Waals surface area contributed by atoms with Gasteiger partial charge in [0.15, 0.2) is 5.17 Å². The number of thioether (sulfide) groups is 1. The average Bonchev–Trinajstić information content (AvgIpc) is 2.99. The highest BCUT2D eigenvalue weighted by Gasteiger charge is 2.37. The zero-order chi connectivity index (χ0) is 19.1. The van der Waals surface area contributed by atoms with Crippen LogP contribution in [-0.2, 0) is 11.3 Å². The van der Waals surface area contributed by atoms with Crippen molar-refractivity contribution in [1.29, 1.82) is 0 Å². The van der Waals surface area contributed by atoms with Crippen LogP contribution in [-0.4, -0.2) is 34.5 Å². The number of methoxy groups -OCH3 is 1. The first kappa shape index (κ1) is 19.2. The summed E-state index contributed by atoms with van der Waals surface area (Å²) in [6, 6.07) is 17.5. The molecule has 27 heavy (non-hydrogen) atoms. The second-order valence-electron chi connectivity index (χ2n) is 6.21. The van der Waals surface area contributed by atoms with Crippen molar-refractivity contribution < 1.29 is 9.53 Å². The Labute approximate surface area is 164 Å². The summed E-state index contributed by atoms with van der Waals surface area (Å²) in [6.07, 6.45) is 3.49.